The minimum atomic E-state index is -0.368. The molecule has 3 heteroatoms. The average Bonchev–Trinajstić information content (AvgIpc) is 2.08. The Morgan fingerprint density at radius 3 is 2.62 bits per heavy atom. The normalized spacial score (nSPS) is 13.6. The second-order valence-corrected chi connectivity index (χ2v) is 3.70. The molecule has 0 amide bonds. The Morgan fingerprint density at radius 1 is 1.38 bits per heavy atom. The van der Waals surface area contributed by atoms with E-state index < -0.39 is 0 Å². The summed E-state index contributed by atoms with van der Waals surface area (Å²) in [4.78, 5) is 0. The lowest BCUT2D eigenvalue weighted by molar-refractivity contribution is 0.0428. The fourth-order valence-electron chi connectivity index (χ4n) is 0.972. The maximum absolute atomic E-state index is 9.36. The van der Waals surface area contributed by atoms with Gasteiger partial charge < -0.3 is 15.2 Å². The van der Waals surface area contributed by atoms with Gasteiger partial charge in [-0.05, 0) is 25.8 Å². The highest BCUT2D eigenvalue weighted by Gasteiger charge is 2.02. The zero-order chi connectivity index (χ0) is 10.1. The molecule has 0 saturated carbocycles. The SMILES string of the molecule is CCOCC(O)CNCCC(C)C. The Labute approximate surface area is 81.5 Å². The third-order valence-electron chi connectivity index (χ3n) is 1.79. The molecule has 13 heavy (non-hydrogen) atoms. The van der Waals surface area contributed by atoms with Crippen molar-refractivity contribution in [3.63, 3.8) is 0 Å². The molecule has 3 nitrogen and oxygen atoms in total. The van der Waals surface area contributed by atoms with Crippen LogP contribution < -0.4 is 5.32 Å². The van der Waals surface area contributed by atoms with Gasteiger partial charge in [0.15, 0.2) is 0 Å². The molecule has 0 aliphatic carbocycles. The monoisotopic (exact) mass is 189 g/mol. The van der Waals surface area contributed by atoms with E-state index in [0.29, 0.717) is 19.8 Å². The van der Waals surface area contributed by atoms with Crippen LogP contribution in [0.1, 0.15) is 27.2 Å². The van der Waals surface area contributed by atoms with Gasteiger partial charge in [-0.15, -0.1) is 0 Å². The molecular formula is C10H23NO2. The van der Waals surface area contributed by atoms with Gasteiger partial charge in [0.1, 0.15) is 0 Å². The molecule has 1 unspecified atom stereocenters. The first-order chi connectivity index (χ1) is 6.16. The first-order valence-corrected chi connectivity index (χ1v) is 5.13. The van der Waals surface area contributed by atoms with Crippen LogP contribution in [-0.2, 0) is 4.74 Å². The molecule has 0 aromatic heterocycles. The van der Waals surface area contributed by atoms with E-state index in [-0.39, 0.29) is 6.10 Å². The van der Waals surface area contributed by atoms with E-state index in [1.807, 2.05) is 6.92 Å². The molecule has 0 aliphatic heterocycles. The van der Waals surface area contributed by atoms with Crippen molar-refractivity contribution < 1.29 is 9.84 Å². The second kappa shape index (κ2) is 8.48. The van der Waals surface area contributed by atoms with Crippen LogP contribution in [0.4, 0.5) is 0 Å². The van der Waals surface area contributed by atoms with E-state index in [0.717, 1.165) is 18.9 Å². The lowest BCUT2D eigenvalue weighted by Crippen LogP contribution is -2.31. The summed E-state index contributed by atoms with van der Waals surface area (Å²) in [6.07, 6.45) is 0.786. The van der Waals surface area contributed by atoms with Crippen LogP contribution in [0.15, 0.2) is 0 Å². The fourth-order valence-corrected chi connectivity index (χ4v) is 0.972. The standard InChI is InChI=1S/C10H23NO2/c1-4-13-8-10(12)7-11-6-5-9(2)3/h9-12H,4-8H2,1-3H3. The summed E-state index contributed by atoms with van der Waals surface area (Å²) in [6.45, 7) is 9.03. The topological polar surface area (TPSA) is 41.5 Å². The molecule has 0 aromatic rings. The predicted octanol–water partition coefficient (Wildman–Crippen LogP) is 1.02. The van der Waals surface area contributed by atoms with Crippen LogP contribution in [-0.4, -0.2) is 37.5 Å². The Morgan fingerprint density at radius 2 is 2.08 bits per heavy atom. The summed E-state index contributed by atoms with van der Waals surface area (Å²) >= 11 is 0. The molecular weight excluding hydrogens is 166 g/mol. The van der Waals surface area contributed by atoms with Crippen LogP contribution in [0.25, 0.3) is 0 Å². The maximum atomic E-state index is 9.36. The van der Waals surface area contributed by atoms with Gasteiger partial charge in [0.05, 0.1) is 12.7 Å². The zero-order valence-corrected chi connectivity index (χ0v) is 9.05. The lowest BCUT2D eigenvalue weighted by atomic mass is 10.1. The van der Waals surface area contributed by atoms with Gasteiger partial charge in [0, 0.05) is 13.2 Å². The molecule has 0 heterocycles. The fraction of sp³-hybridized carbons (Fsp3) is 1.00. The average molecular weight is 189 g/mol. The third kappa shape index (κ3) is 9.80. The van der Waals surface area contributed by atoms with Crippen molar-refractivity contribution in [2.75, 3.05) is 26.3 Å². The Hall–Kier alpha value is -0.120. The van der Waals surface area contributed by atoms with Crippen molar-refractivity contribution in [3.8, 4) is 0 Å². The number of rotatable bonds is 8. The van der Waals surface area contributed by atoms with E-state index in [2.05, 4.69) is 19.2 Å². The number of hydrogen-bond donors (Lipinski definition) is 2. The molecule has 0 aliphatic rings. The van der Waals surface area contributed by atoms with Gasteiger partial charge in [-0.25, -0.2) is 0 Å². The molecule has 2 N–H and O–H groups in total. The highest BCUT2D eigenvalue weighted by Crippen LogP contribution is 1.96. The van der Waals surface area contributed by atoms with Crippen molar-refractivity contribution in [1.29, 1.82) is 0 Å². The molecule has 0 saturated heterocycles. The summed E-state index contributed by atoms with van der Waals surface area (Å²) in [5.74, 6) is 0.719. The first-order valence-electron chi connectivity index (χ1n) is 5.13. The van der Waals surface area contributed by atoms with Crippen molar-refractivity contribution in [2.45, 2.75) is 33.3 Å². The summed E-state index contributed by atoms with van der Waals surface area (Å²) in [6, 6.07) is 0. The second-order valence-electron chi connectivity index (χ2n) is 3.70. The Balaban J connectivity index is 3.12. The molecule has 0 radical (unpaired) electrons. The number of ether oxygens (including phenoxy) is 1. The summed E-state index contributed by atoms with van der Waals surface area (Å²) in [5, 5.41) is 12.6. The molecule has 0 aromatic carbocycles. The summed E-state index contributed by atoms with van der Waals surface area (Å²) < 4.78 is 5.08. The van der Waals surface area contributed by atoms with Gasteiger partial charge >= 0.3 is 0 Å². The summed E-state index contributed by atoms with van der Waals surface area (Å²) in [5.41, 5.74) is 0. The highest BCUT2D eigenvalue weighted by molar-refractivity contribution is 4.58. The van der Waals surface area contributed by atoms with Crippen molar-refractivity contribution in [2.24, 2.45) is 5.92 Å². The summed E-state index contributed by atoms with van der Waals surface area (Å²) in [7, 11) is 0. The number of aliphatic hydroxyl groups is 1. The van der Waals surface area contributed by atoms with E-state index in [1.54, 1.807) is 0 Å². The molecule has 0 fully saturated rings. The Bertz CT molecular complexity index is 107. The molecule has 80 valence electrons. The third-order valence-corrected chi connectivity index (χ3v) is 1.79. The van der Waals surface area contributed by atoms with Crippen LogP contribution in [0.5, 0.6) is 0 Å². The van der Waals surface area contributed by atoms with Gasteiger partial charge in [-0.1, -0.05) is 13.8 Å². The van der Waals surface area contributed by atoms with Crippen LogP contribution >= 0.6 is 0 Å². The molecule has 1 atom stereocenters. The number of nitrogens with one attached hydrogen (secondary N) is 1. The molecule has 0 bridgehead atoms. The maximum Gasteiger partial charge on any atom is 0.0897 e. The smallest absolute Gasteiger partial charge is 0.0897 e. The lowest BCUT2D eigenvalue weighted by Gasteiger charge is -2.12. The van der Waals surface area contributed by atoms with Crippen LogP contribution in [0.3, 0.4) is 0 Å². The highest BCUT2D eigenvalue weighted by atomic mass is 16.5. The van der Waals surface area contributed by atoms with Crippen LogP contribution in [0, 0.1) is 5.92 Å². The predicted molar refractivity (Wildman–Crippen MR) is 54.8 cm³/mol. The van der Waals surface area contributed by atoms with Gasteiger partial charge in [-0.2, -0.15) is 0 Å². The van der Waals surface area contributed by atoms with Gasteiger partial charge in [0.25, 0.3) is 0 Å². The van der Waals surface area contributed by atoms with E-state index in [4.69, 9.17) is 4.74 Å². The van der Waals surface area contributed by atoms with Gasteiger partial charge in [-0.3, -0.25) is 0 Å². The van der Waals surface area contributed by atoms with Crippen molar-refractivity contribution >= 4 is 0 Å². The van der Waals surface area contributed by atoms with Gasteiger partial charge in [0.2, 0.25) is 0 Å². The van der Waals surface area contributed by atoms with E-state index >= 15 is 0 Å². The van der Waals surface area contributed by atoms with Crippen molar-refractivity contribution in [1.82, 2.24) is 5.32 Å². The Kier molecular flexibility index (Phi) is 8.40. The van der Waals surface area contributed by atoms with E-state index in [1.165, 1.54) is 0 Å². The molecule has 0 spiro atoms. The minimum absolute atomic E-state index is 0.368. The largest absolute Gasteiger partial charge is 0.389 e. The van der Waals surface area contributed by atoms with E-state index in [9.17, 15) is 5.11 Å². The number of aliphatic hydroxyl groups excluding tert-OH is 1. The first kappa shape index (κ1) is 12.9. The molecule has 0 rings (SSSR count). The number of hydrogen-bond acceptors (Lipinski definition) is 3. The minimum Gasteiger partial charge on any atom is -0.389 e. The van der Waals surface area contributed by atoms with Crippen molar-refractivity contribution in [3.05, 3.63) is 0 Å². The zero-order valence-electron chi connectivity index (χ0n) is 9.05. The quantitative estimate of drug-likeness (QED) is 0.560. The van der Waals surface area contributed by atoms with Crippen LogP contribution in [0.2, 0.25) is 0 Å².